The summed E-state index contributed by atoms with van der Waals surface area (Å²) in [5.74, 6) is 0. The van der Waals surface area contributed by atoms with Crippen LogP contribution < -0.4 is 10.6 Å². The molecule has 0 radical (unpaired) electrons. The summed E-state index contributed by atoms with van der Waals surface area (Å²) in [6.07, 6.45) is 0.936. The van der Waals surface area contributed by atoms with E-state index in [4.69, 9.17) is 0 Å². The predicted octanol–water partition coefficient (Wildman–Crippen LogP) is 2.58. The maximum atomic E-state index is 11.4. The summed E-state index contributed by atoms with van der Waals surface area (Å²) in [5, 5.41) is 6.81. The van der Waals surface area contributed by atoms with Crippen molar-refractivity contribution in [1.82, 2.24) is 10.6 Å². The Morgan fingerprint density at radius 2 is 1.25 bits per heavy atom. The van der Waals surface area contributed by atoms with Crippen LogP contribution in [-0.4, -0.2) is 11.9 Å². The largest absolute Gasteiger partial charge is 0.300 e. The van der Waals surface area contributed by atoms with Crippen LogP contribution >= 0.6 is 0 Å². The van der Waals surface area contributed by atoms with Crippen molar-refractivity contribution in [3.8, 4) is 0 Å². The van der Waals surface area contributed by atoms with E-state index in [0.29, 0.717) is 0 Å². The number of benzene rings is 2. The van der Waals surface area contributed by atoms with Gasteiger partial charge in [-0.2, -0.15) is 0 Å². The number of hydrogen-bond donors (Lipinski definition) is 2. The van der Waals surface area contributed by atoms with E-state index in [1.54, 1.807) is 0 Å². The molecule has 3 rings (SSSR count). The van der Waals surface area contributed by atoms with E-state index in [0.717, 1.165) is 6.29 Å². The second-order valence-electron chi connectivity index (χ2n) is 5.39. The third-order valence-electron chi connectivity index (χ3n) is 3.80. The van der Waals surface area contributed by atoms with Crippen LogP contribution in [0.3, 0.4) is 0 Å². The highest BCUT2D eigenvalue weighted by Crippen LogP contribution is 2.35. The first-order chi connectivity index (χ1) is 9.72. The minimum Gasteiger partial charge on any atom is -0.300 e. The lowest BCUT2D eigenvalue weighted by Crippen LogP contribution is -2.47. The zero-order valence-corrected chi connectivity index (χ0v) is 11.4. The molecule has 1 fully saturated rings. The number of aldehydes is 1. The van der Waals surface area contributed by atoms with E-state index < -0.39 is 5.66 Å². The second kappa shape index (κ2) is 5.19. The molecule has 0 aromatic heterocycles. The summed E-state index contributed by atoms with van der Waals surface area (Å²) < 4.78 is 0. The molecule has 1 aliphatic heterocycles. The fraction of sp³-hybridized carbons (Fsp3) is 0.235. The van der Waals surface area contributed by atoms with E-state index in [1.165, 1.54) is 11.1 Å². The molecule has 2 unspecified atom stereocenters. The lowest BCUT2D eigenvalue weighted by molar-refractivity contribution is -0.113. The molecule has 0 saturated carbocycles. The van der Waals surface area contributed by atoms with E-state index in [1.807, 2.05) is 43.3 Å². The minimum atomic E-state index is -0.693. The highest BCUT2D eigenvalue weighted by molar-refractivity contribution is 5.64. The molecule has 2 aromatic rings. The SMILES string of the molecule is CC1(C=O)NC(c2ccccc2)[C@@H](c2ccccc2)N1. The smallest absolute Gasteiger partial charge is 0.154 e. The third-order valence-corrected chi connectivity index (χ3v) is 3.80. The molecule has 0 aliphatic carbocycles. The minimum absolute atomic E-state index is 0.0776. The van der Waals surface area contributed by atoms with Crippen LogP contribution in [0.25, 0.3) is 0 Å². The monoisotopic (exact) mass is 266 g/mol. The first-order valence-electron chi connectivity index (χ1n) is 6.83. The second-order valence-corrected chi connectivity index (χ2v) is 5.39. The van der Waals surface area contributed by atoms with Gasteiger partial charge in [0.2, 0.25) is 0 Å². The molecule has 2 N–H and O–H groups in total. The number of hydrogen-bond acceptors (Lipinski definition) is 3. The van der Waals surface area contributed by atoms with E-state index in [2.05, 4.69) is 34.9 Å². The van der Waals surface area contributed by atoms with Crippen LogP contribution in [0.2, 0.25) is 0 Å². The van der Waals surface area contributed by atoms with Gasteiger partial charge < -0.3 is 0 Å². The first kappa shape index (κ1) is 13.0. The van der Waals surface area contributed by atoms with Gasteiger partial charge in [-0.15, -0.1) is 0 Å². The Morgan fingerprint density at radius 3 is 1.60 bits per heavy atom. The fourth-order valence-electron chi connectivity index (χ4n) is 2.79. The Balaban J connectivity index is 1.99. The molecule has 0 bridgehead atoms. The molecular formula is C17H18N2O. The molecular weight excluding hydrogens is 248 g/mol. The Labute approximate surface area is 119 Å². The normalized spacial score (nSPS) is 29.2. The van der Waals surface area contributed by atoms with Gasteiger partial charge in [0.15, 0.2) is 6.29 Å². The van der Waals surface area contributed by atoms with Crippen molar-refractivity contribution in [2.75, 3.05) is 0 Å². The highest BCUT2D eigenvalue weighted by atomic mass is 16.1. The van der Waals surface area contributed by atoms with Crippen molar-refractivity contribution >= 4 is 6.29 Å². The highest BCUT2D eigenvalue weighted by Gasteiger charge is 2.42. The summed E-state index contributed by atoms with van der Waals surface area (Å²) >= 11 is 0. The van der Waals surface area contributed by atoms with Crippen LogP contribution in [0.5, 0.6) is 0 Å². The summed E-state index contributed by atoms with van der Waals surface area (Å²) in [7, 11) is 0. The van der Waals surface area contributed by atoms with Gasteiger partial charge in [0.1, 0.15) is 5.66 Å². The Kier molecular flexibility index (Phi) is 3.38. The number of carbonyl (C=O) groups is 1. The quantitative estimate of drug-likeness (QED) is 0.839. The first-order valence-corrected chi connectivity index (χ1v) is 6.83. The van der Waals surface area contributed by atoms with Crippen LogP contribution in [0, 0.1) is 0 Å². The van der Waals surface area contributed by atoms with Crippen LogP contribution in [-0.2, 0) is 4.79 Å². The maximum Gasteiger partial charge on any atom is 0.154 e. The van der Waals surface area contributed by atoms with Crippen molar-refractivity contribution in [2.24, 2.45) is 0 Å². The fourth-order valence-corrected chi connectivity index (χ4v) is 2.79. The Bertz CT molecular complexity index is 535. The average Bonchev–Trinajstić information content (AvgIpc) is 2.88. The van der Waals surface area contributed by atoms with Crippen molar-refractivity contribution in [3.63, 3.8) is 0 Å². The van der Waals surface area contributed by atoms with E-state index in [9.17, 15) is 4.79 Å². The maximum absolute atomic E-state index is 11.4. The Morgan fingerprint density at radius 1 is 0.850 bits per heavy atom. The van der Waals surface area contributed by atoms with Crippen molar-refractivity contribution < 1.29 is 4.79 Å². The van der Waals surface area contributed by atoms with Gasteiger partial charge in [-0.05, 0) is 18.1 Å². The Hall–Kier alpha value is -1.97. The number of nitrogens with one attached hydrogen (secondary N) is 2. The van der Waals surface area contributed by atoms with Gasteiger partial charge in [0.25, 0.3) is 0 Å². The lowest BCUT2D eigenvalue weighted by atomic mass is 9.95. The summed E-state index contributed by atoms with van der Waals surface area (Å²) in [6.45, 7) is 1.87. The summed E-state index contributed by atoms with van der Waals surface area (Å²) in [4.78, 5) is 11.4. The van der Waals surface area contributed by atoms with Gasteiger partial charge >= 0.3 is 0 Å². The lowest BCUT2D eigenvalue weighted by Gasteiger charge is -2.19. The molecule has 1 heterocycles. The molecule has 1 aliphatic rings. The third kappa shape index (κ3) is 2.38. The molecule has 3 nitrogen and oxygen atoms in total. The average molecular weight is 266 g/mol. The molecule has 0 spiro atoms. The van der Waals surface area contributed by atoms with Crippen molar-refractivity contribution in [1.29, 1.82) is 0 Å². The standard InChI is InChI=1S/C17H18N2O/c1-17(12-20)18-15(13-8-4-2-5-9-13)16(19-17)14-10-6-3-7-11-14/h2-12,15-16,18-19H,1H3/t15-,16?,17?/m1/s1. The van der Waals surface area contributed by atoms with Crippen LogP contribution in [0.4, 0.5) is 0 Å². The molecule has 0 amide bonds. The van der Waals surface area contributed by atoms with Gasteiger partial charge in [0.05, 0.1) is 12.1 Å². The van der Waals surface area contributed by atoms with Gasteiger partial charge in [-0.25, -0.2) is 0 Å². The zero-order valence-electron chi connectivity index (χ0n) is 11.4. The van der Waals surface area contributed by atoms with Crippen LogP contribution in [0.1, 0.15) is 30.1 Å². The summed E-state index contributed by atoms with van der Waals surface area (Å²) in [5.41, 5.74) is 1.67. The van der Waals surface area contributed by atoms with E-state index >= 15 is 0 Å². The van der Waals surface area contributed by atoms with Crippen molar-refractivity contribution in [2.45, 2.75) is 24.7 Å². The molecule has 3 atom stereocenters. The molecule has 102 valence electrons. The van der Waals surface area contributed by atoms with E-state index in [-0.39, 0.29) is 12.1 Å². The number of rotatable bonds is 3. The molecule has 2 aromatic carbocycles. The summed E-state index contributed by atoms with van der Waals surface area (Å²) in [6, 6.07) is 20.6. The molecule has 3 heteroatoms. The van der Waals surface area contributed by atoms with Crippen LogP contribution in [0.15, 0.2) is 60.7 Å². The van der Waals surface area contributed by atoms with Gasteiger partial charge in [-0.1, -0.05) is 60.7 Å². The molecule has 20 heavy (non-hydrogen) atoms. The van der Waals surface area contributed by atoms with Crippen molar-refractivity contribution in [3.05, 3.63) is 71.8 Å². The molecule has 1 saturated heterocycles. The predicted molar refractivity (Wildman–Crippen MR) is 79.1 cm³/mol. The number of carbonyl (C=O) groups excluding carboxylic acids is 1. The van der Waals surface area contributed by atoms with Gasteiger partial charge in [0, 0.05) is 0 Å². The topological polar surface area (TPSA) is 41.1 Å². The zero-order chi connectivity index (χ0) is 14.0. The van der Waals surface area contributed by atoms with Gasteiger partial charge in [-0.3, -0.25) is 15.4 Å².